The number of nitro groups is 2. The van der Waals surface area contributed by atoms with E-state index in [9.17, 15) is 30.1 Å². The summed E-state index contributed by atoms with van der Waals surface area (Å²) >= 11 is 0. The van der Waals surface area contributed by atoms with Gasteiger partial charge in [0.2, 0.25) is 0 Å². The molecule has 0 heterocycles. The Labute approximate surface area is 134 Å². The monoisotopic (exact) mass is 330 g/mol. The van der Waals surface area contributed by atoms with Crippen LogP contribution in [0.5, 0.6) is 11.5 Å². The summed E-state index contributed by atoms with van der Waals surface area (Å²) in [6.45, 7) is 0. The van der Waals surface area contributed by atoms with E-state index in [-0.39, 0.29) is 11.5 Å². The highest BCUT2D eigenvalue weighted by Gasteiger charge is 2.25. The largest absolute Gasteiger partial charge is 0.507 e. The van der Waals surface area contributed by atoms with Crippen molar-refractivity contribution in [1.82, 2.24) is 0 Å². The molecular formula is C15H10N2O7. The number of hydrogen-bond donors (Lipinski definition) is 1. The Bertz CT molecular complexity index is 845. The Balaban J connectivity index is 2.17. The number of para-hydroxylation sites is 1. The number of aromatic hydroxyl groups is 1. The fourth-order valence-corrected chi connectivity index (χ4v) is 1.80. The normalized spacial score (nSPS) is 10.5. The number of phenolic OH excluding ortho intramolecular Hbond substituents is 1. The molecule has 0 amide bonds. The van der Waals surface area contributed by atoms with Gasteiger partial charge in [-0.15, -0.1) is 0 Å². The first kappa shape index (κ1) is 16.6. The zero-order valence-corrected chi connectivity index (χ0v) is 12.0. The van der Waals surface area contributed by atoms with Gasteiger partial charge in [0.15, 0.2) is 0 Å². The SMILES string of the molecule is O=C(/C=C/c1ccccc1O)Oc1ccc([N+](=O)[O-])c([N+](=O)[O-])c1. The van der Waals surface area contributed by atoms with E-state index >= 15 is 0 Å². The minimum atomic E-state index is -0.937. The standard InChI is InChI=1S/C15H10N2O7/c18-14-4-2-1-3-10(14)5-8-15(19)24-11-6-7-12(16(20)21)13(9-11)17(22)23/h1-9,18H/b8-5+. The van der Waals surface area contributed by atoms with Crippen LogP contribution in [0.4, 0.5) is 11.4 Å². The van der Waals surface area contributed by atoms with Gasteiger partial charge in [0.25, 0.3) is 0 Å². The molecule has 2 aromatic rings. The second-order valence-corrected chi connectivity index (χ2v) is 4.48. The molecule has 0 saturated heterocycles. The van der Waals surface area contributed by atoms with E-state index < -0.39 is 27.2 Å². The third-order valence-corrected chi connectivity index (χ3v) is 2.89. The summed E-state index contributed by atoms with van der Waals surface area (Å²) in [7, 11) is 0. The molecule has 0 aliphatic carbocycles. The highest BCUT2D eigenvalue weighted by Crippen LogP contribution is 2.30. The van der Waals surface area contributed by atoms with Gasteiger partial charge in [0.1, 0.15) is 11.5 Å². The molecule has 0 aromatic heterocycles. The van der Waals surface area contributed by atoms with Crippen LogP contribution in [0.25, 0.3) is 6.08 Å². The molecule has 0 spiro atoms. The van der Waals surface area contributed by atoms with Crippen molar-refractivity contribution < 1.29 is 24.5 Å². The molecule has 2 rings (SSSR count). The van der Waals surface area contributed by atoms with Crippen LogP contribution in [0.3, 0.4) is 0 Å². The fraction of sp³-hybridized carbons (Fsp3) is 0. The molecule has 0 atom stereocenters. The molecule has 0 fully saturated rings. The minimum Gasteiger partial charge on any atom is -0.507 e. The molecule has 0 unspecified atom stereocenters. The molecule has 0 radical (unpaired) electrons. The molecular weight excluding hydrogens is 320 g/mol. The quantitative estimate of drug-likeness (QED) is 0.293. The summed E-state index contributed by atoms with van der Waals surface area (Å²) in [5.41, 5.74) is -1.11. The van der Waals surface area contributed by atoms with Crippen LogP contribution in [0.2, 0.25) is 0 Å². The highest BCUT2D eigenvalue weighted by atomic mass is 16.6. The molecule has 0 bridgehead atoms. The van der Waals surface area contributed by atoms with Crippen LogP contribution < -0.4 is 4.74 Å². The topological polar surface area (TPSA) is 133 Å². The van der Waals surface area contributed by atoms with Gasteiger partial charge >= 0.3 is 17.3 Å². The molecule has 0 aliphatic rings. The zero-order valence-electron chi connectivity index (χ0n) is 12.0. The first-order chi connectivity index (χ1) is 11.4. The van der Waals surface area contributed by atoms with Crippen molar-refractivity contribution in [1.29, 1.82) is 0 Å². The average molecular weight is 330 g/mol. The first-order valence-corrected chi connectivity index (χ1v) is 6.49. The number of rotatable bonds is 5. The molecule has 9 heteroatoms. The third-order valence-electron chi connectivity index (χ3n) is 2.89. The van der Waals surface area contributed by atoms with Crippen LogP contribution in [-0.4, -0.2) is 20.9 Å². The second kappa shape index (κ2) is 7.01. The number of carbonyl (C=O) groups is 1. The maximum atomic E-state index is 11.7. The Kier molecular flexibility index (Phi) is 4.85. The second-order valence-electron chi connectivity index (χ2n) is 4.48. The lowest BCUT2D eigenvalue weighted by molar-refractivity contribution is -0.422. The lowest BCUT2D eigenvalue weighted by Crippen LogP contribution is -2.05. The van der Waals surface area contributed by atoms with Crippen molar-refractivity contribution in [3.8, 4) is 11.5 Å². The maximum Gasteiger partial charge on any atom is 0.349 e. The predicted octanol–water partition coefficient (Wildman–Crippen LogP) is 2.83. The van der Waals surface area contributed by atoms with Crippen LogP contribution in [0.15, 0.2) is 48.5 Å². The van der Waals surface area contributed by atoms with Crippen molar-refractivity contribution in [3.05, 3.63) is 74.3 Å². The van der Waals surface area contributed by atoms with Gasteiger partial charge in [-0.05, 0) is 18.2 Å². The summed E-state index contributed by atoms with van der Waals surface area (Å²) < 4.78 is 4.87. The first-order valence-electron chi connectivity index (χ1n) is 6.49. The van der Waals surface area contributed by atoms with Crippen LogP contribution in [-0.2, 0) is 4.79 Å². The number of hydrogen-bond acceptors (Lipinski definition) is 7. The number of phenols is 1. The predicted molar refractivity (Wildman–Crippen MR) is 82.5 cm³/mol. The highest BCUT2D eigenvalue weighted by molar-refractivity contribution is 5.89. The van der Waals surface area contributed by atoms with E-state index in [1.807, 2.05) is 0 Å². The Morgan fingerprint density at radius 1 is 1.04 bits per heavy atom. The van der Waals surface area contributed by atoms with E-state index in [0.717, 1.165) is 24.3 Å². The maximum absolute atomic E-state index is 11.7. The summed E-state index contributed by atoms with van der Waals surface area (Å²) in [6.07, 6.45) is 2.32. The lowest BCUT2D eigenvalue weighted by Gasteiger charge is -2.02. The molecule has 24 heavy (non-hydrogen) atoms. The van der Waals surface area contributed by atoms with E-state index in [0.29, 0.717) is 5.56 Å². The molecule has 9 nitrogen and oxygen atoms in total. The molecule has 1 N–H and O–H groups in total. The third kappa shape index (κ3) is 3.91. The van der Waals surface area contributed by atoms with Crippen molar-refractivity contribution in [2.45, 2.75) is 0 Å². The van der Waals surface area contributed by atoms with Crippen LogP contribution >= 0.6 is 0 Å². The molecule has 2 aromatic carbocycles. The smallest absolute Gasteiger partial charge is 0.349 e. The average Bonchev–Trinajstić information content (AvgIpc) is 2.53. The Morgan fingerprint density at radius 2 is 1.71 bits per heavy atom. The van der Waals surface area contributed by atoms with Crippen LogP contribution in [0.1, 0.15) is 5.56 Å². The van der Waals surface area contributed by atoms with Crippen molar-refractivity contribution in [3.63, 3.8) is 0 Å². The Hall–Kier alpha value is -3.75. The number of esters is 1. The lowest BCUT2D eigenvalue weighted by atomic mass is 10.2. The number of benzene rings is 2. The Morgan fingerprint density at radius 3 is 2.33 bits per heavy atom. The number of carbonyl (C=O) groups excluding carboxylic acids is 1. The van der Waals surface area contributed by atoms with Gasteiger partial charge in [0, 0.05) is 17.7 Å². The van der Waals surface area contributed by atoms with Gasteiger partial charge in [0.05, 0.1) is 15.9 Å². The van der Waals surface area contributed by atoms with E-state index in [2.05, 4.69) is 0 Å². The van der Waals surface area contributed by atoms with Gasteiger partial charge in [-0.3, -0.25) is 20.2 Å². The summed E-state index contributed by atoms with van der Waals surface area (Å²) in [4.78, 5) is 31.4. The zero-order chi connectivity index (χ0) is 17.7. The number of nitro benzene ring substituents is 2. The summed E-state index contributed by atoms with van der Waals surface area (Å²) in [6, 6.07) is 9.03. The van der Waals surface area contributed by atoms with E-state index in [1.54, 1.807) is 18.2 Å². The van der Waals surface area contributed by atoms with Crippen molar-refractivity contribution in [2.75, 3.05) is 0 Å². The van der Waals surface area contributed by atoms with Crippen molar-refractivity contribution >= 4 is 23.4 Å². The fourth-order valence-electron chi connectivity index (χ4n) is 1.80. The van der Waals surface area contributed by atoms with Crippen LogP contribution in [0, 0.1) is 20.2 Å². The van der Waals surface area contributed by atoms with E-state index in [4.69, 9.17) is 4.74 Å². The van der Waals surface area contributed by atoms with Gasteiger partial charge in [-0.25, -0.2) is 4.79 Å². The van der Waals surface area contributed by atoms with Crippen molar-refractivity contribution in [2.24, 2.45) is 0 Å². The van der Waals surface area contributed by atoms with E-state index in [1.165, 1.54) is 12.1 Å². The molecule has 122 valence electrons. The molecule has 0 saturated carbocycles. The van der Waals surface area contributed by atoms with Gasteiger partial charge in [-0.1, -0.05) is 18.2 Å². The van der Waals surface area contributed by atoms with Gasteiger partial charge < -0.3 is 9.84 Å². The number of ether oxygens (including phenoxy) is 1. The van der Waals surface area contributed by atoms with Gasteiger partial charge in [-0.2, -0.15) is 0 Å². The number of nitrogens with zero attached hydrogens (tertiary/aromatic N) is 2. The molecule has 0 aliphatic heterocycles. The summed E-state index contributed by atoms with van der Waals surface area (Å²) in [5.74, 6) is -1.10. The summed E-state index contributed by atoms with van der Waals surface area (Å²) in [5, 5.41) is 31.1. The minimum absolute atomic E-state index is 0.0347.